The van der Waals surface area contributed by atoms with Crippen LogP contribution in [0.25, 0.3) is 0 Å². The van der Waals surface area contributed by atoms with Crippen molar-refractivity contribution in [1.82, 2.24) is 0 Å². The minimum Gasteiger partial charge on any atom is -0.382 e. The largest absolute Gasteiger partial charge is 0.382 e. The Morgan fingerprint density at radius 2 is 1.62 bits per heavy atom. The maximum Gasteiger partial charge on any atom is 0.186 e. The van der Waals surface area contributed by atoms with Crippen LogP contribution in [-0.2, 0) is 28.4 Å². The van der Waals surface area contributed by atoms with Crippen LogP contribution in [0.1, 0.15) is 0 Å². The number of methoxy groups -OCH3 is 4. The number of hydrogen-bond donors (Lipinski definition) is 2. The van der Waals surface area contributed by atoms with Gasteiger partial charge in [-0.1, -0.05) is 0 Å². The van der Waals surface area contributed by atoms with Crippen LogP contribution in [0, 0.1) is 0 Å². The Morgan fingerprint density at radius 3 is 2.10 bits per heavy atom. The fourth-order valence-corrected chi connectivity index (χ4v) is 2.56. The third kappa shape index (κ3) is 5.24. The Balaban J connectivity index is 2.80. The molecule has 1 heterocycles. The first-order chi connectivity index (χ1) is 10.1. The number of hydrogen-bond acceptors (Lipinski definition) is 8. The monoisotopic (exact) mass is 342 g/mol. The molecule has 6 nitrogen and oxygen atoms in total. The molecule has 0 N–H and O–H groups in total. The van der Waals surface area contributed by atoms with Crippen LogP contribution >= 0.6 is 25.3 Å². The lowest BCUT2D eigenvalue weighted by atomic mass is 9.98. The van der Waals surface area contributed by atoms with E-state index in [1.807, 2.05) is 0 Å². The first kappa shape index (κ1) is 19.5. The van der Waals surface area contributed by atoms with Gasteiger partial charge in [0.2, 0.25) is 0 Å². The normalized spacial score (nSPS) is 34.9. The molecule has 0 spiro atoms. The molecule has 1 aliphatic rings. The summed E-state index contributed by atoms with van der Waals surface area (Å²) >= 11 is 8.54. The molecule has 1 saturated heterocycles. The predicted octanol–water partition coefficient (Wildman–Crippen LogP) is 0.647. The topological polar surface area (TPSA) is 55.4 Å². The molecule has 0 bridgehead atoms. The molecule has 0 aromatic heterocycles. The highest BCUT2D eigenvalue weighted by Gasteiger charge is 2.47. The number of ether oxygens (including phenoxy) is 6. The average molecular weight is 342 g/mol. The molecule has 2 unspecified atom stereocenters. The summed E-state index contributed by atoms with van der Waals surface area (Å²) in [5.41, 5.74) is 0. The zero-order valence-corrected chi connectivity index (χ0v) is 14.7. The molecule has 0 saturated carbocycles. The Kier molecular flexibility index (Phi) is 9.54. The maximum atomic E-state index is 5.92. The van der Waals surface area contributed by atoms with Crippen molar-refractivity contribution in [1.29, 1.82) is 0 Å². The van der Waals surface area contributed by atoms with Crippen molar-refractivity contribution in [3.63, 3.8) is 0 Å². The van der Waals surface area contributed by atoms with Gasteiger partial charge in [-0.25, -0.2) is 0 Å². The molecule has 8 heteroatoms. The van der Waals surface area contributed by atoms with E-state index in [0.717, 1.165) is 0 Å². The molecule has 0 aromatic carbocycles. The molecular weight excluding hydrogens is 316 g/mol. The number of thiol groups is 2. The van der Waals surface area contributed by atoms with E-state index >= 15 is 0 Å². The average Bonchev–Trinajstić information content (AvgIpc) is 2.51. The molecule has 1 fully saturated rings. The Bertz CT molecular complexity index is 283. The molecular formula is C13H26O6S2. The third-order valence-electron chi connectivity index (χ3n) is 3.40. The standard InChI is InChI=1S/C13H26O6S2/c1-14-6-9-10(15-2)11(16-3)12(17-4)13(19-9)18-5-8(21)7-20/h8-13,20-21H,5-7H2,1-4H3/t8?,9-,10-,11+,12-,13?/m1/s1. The van der Waals surface area contributed by atoms with E-state index in [4.69, 9.17) is 28.4 Å². The summed E-state index contributed by atoms with van der Waals surface area (Å²) in [6, 6.07) is 0. The summed E-state index contributed by atoms with van der Waals surface area (Å²) in [7, 11) is 6.43. The van der Waals surface area contributed by atoms with Gasteiger partial charge in [0.15, 0.2) is 6.29 Å². The van der Waals surface area contributed by atoms with Crippen molar-refractivity contribution in [3.05, 3.63) is 0 Å². The summed E-state index contributed by atoms with van der Waals surface area (Å²) in [4.78, 5) is 0. The number of rotatable bonds is 9. The van der Waals surface area contributed by atoms with Gasteiger partial charge in [-0.3, -0.25) is 0 Å². The summed E-state index contributed by atoms with van der Waals surface area (Å²) in [5, 5.41) is 0.0245. The van der Waals surface area contributed by atoms with Crippen LogP contribution in [0.5, 0.6) is 0 Å². The molecule has 126 valence electrons. The van der Waals surface area contributed by atoms with E-state index in [0.29, 0.717) is 19.0 Å². The van der Waals surface area contributed by atoms with Crippen molar-refractivity contribution in [2.24, 2.45) is 0 Å². The molecule has 21 heavy (non-hydrogen) atoms. The SMILES string of the molecule is COC[C@H]1OC(OCC(S)CS)[C@H](OC)[C@@H](OC)[C@@H]1OC. The Labute approximate surface area is 137 Å². The Morgan fingerprint density at radius 1 is 1.00 bits per heavy atom. The molecule has 0 amide bonds. The second-order valence-electron chi connectivity index (χ2n) is 4.77. The van der Waals surface area contributed by atoms with Crippen LogP contribution < -0.4 is 0 Å². The highest BCUT2D eigenvalue weighted by molar-refractivity contribution is 7.84. The van der Waals surface area contributed by atoms with Crippen LogP contribution in [-0.4, -0.2) is 83.4 Å². The fraction of sp³-hybridized carbons (Fsp3) is 1.00. The van der Waals surface area contributed by atoms with E-state index in [1.54, 1.807) is 28.4 Å². The zero-order chi connectivity index (χ0) is 15.8. The lowest BCUT2D eigenvalue weighted by molar-refractivity contribution is -0.312. The highest BCUT2D eigenvalue weighted by Crippen LogP contribution is 2.28. The van der Waals surface area contributed by atoms with Gasteiger partial charge in [-0.05, 0) is 0 Å². The van der Waals surface area contributed by atoms with Gasteiger partial charge in [0.25, 0.3) is 0 Å². The van der Waals surface area contributed by atoms with E-state index < -0.39 is 12.4 Å². The third-order valence-corrected chi connectivity index (χ3v) is 4.46. The first-order valence-electron chi connectivity index (χ1n) is 6.76. The zero-order valence-electron chi connectivity index (χ0n) is 12.9. The molecule has 0 aromatic rings. The van der Waals surface area contributed by atoms with E-state index in [9.17, 15) is 0 Å². The molecule has 1 rings (SSSR count). The van der Waals surface area contributed by atoms with Crippen LogP contribution in [0.2, 0.25) is 0 Å². The van der Waals surface area contributed by atoms with E-state index in [-0.39, 0.29) is 23.6 Å². The molecule has 6 atom stereocenters. The second kappa shape index (κ2) is 10.3. The molecule has 0 radical (unpaired) electrons. The van der Waals surface area contributed by atoms with Crippen molar-refractivity contribution in [2.45, 2.75) is 36.0 Å². The quantitative estimate of drug-likeness (QED) is 0.600. The van der Waals surface area contributed by atoms with E-state index in [1.165, 1.54) is 0 Å². The van der Waals surface area contributed by atoms with Crippen LogP contribution in [0.4, 0.5) is 0 Å². The lowest BCUT2D eigenvalue weighted by Gasteiger charge is -2.44. The van der Waals surface area contributed by atoms with Gasteiger partial charge in [0.1, 0.15) is 24.4 Å². The van der Waals surface area contributed by atoms with Crippen molar-refractivity contribution < 1.29 is 28.4 Å². The van der Waals surface area contributed by atoms with Gasteiger partial charge >= 0.3 is 0 Å². The van der Waals surface area contributed by atoms with Crippen LogP contribution in [0.3, 0.4) is 0 Å². The van der Waals surface area contributed by atoms with Crippen LogP contribution in [0.15, 0.2) is 0 Å². The molecule has 0 aliphatic carbocycles. The van der Waals surface area contributed by atoms with Gasteiger partial charge in [-0.2, -0.15) is 25.3 Å². The summed E-state index contributed by atoms with van der Waals surface area (Å²) in [5.74, 6) is 0.614. The van der Waals surface area contributed by atoms with Gasteiger partial charge in [-0.15, -0.1) is 0 Å². The van der Waals surface area contributed by atoms with E-state index in [2.05, 4.69) is 25.3 Å². The van der Waals surface area contributed by atoms with Crippen molar-refractivity contribution in [2.75, 3.05) is 47.4 Å². The minimum absolute atomic E-state index is 0.0245. The smallest absolute Gasteiger partial charge is 0.186 e. The lowest BCUT2D eigenvalue weighted by Crippen LogP contribution is -2.61. The summed E-state index contributed by atoms with van der Waals surface area (Å²) in [6.45, 7) is 0.788. The highest BCUT2D eigenvalue weighted by atomic mass is 32.1. The second-order valence-corrected chi connectivity index (χ2v) is 5.86. The van der Waals surface area contributed by atoms with Gasteiger partial charge in [0.05, 0.1) is 13.2 Å². The Hall–Kier alpha value is 0.460. The maximum absolute atomic E-state index is 5.92. The van der Waals surface area contributed by atoms with Crippen molar-refractivity contribution >= 4 is 25.3 Å². The van der Waals surface area contributed by atoms with Crippen molar-refractivity contribution in [3.8, 4) is 0 Å². The van der Waals surface area contributed by atoms with Gasteiger partial charge in [0, 0.05) is 39.4 Å². The molecule has 1 aliphatic heterocycles. The fourth-order valence-electron chi connectivity index (χ4n) is 2.37. The summed E-state index contributed by atoms with van der Waals surface area (Å²) in [6.07, 6.45) is -1.87. The minimum atomic E-state index is -0.568. The first-order valence-corrected chi connectivity index (χ1v) is 7.91. The predicted molar refractivity (Wildman–Crippen MR) is 85.5 cm³/mol. The van der Waals surface area contributed by atoms with Gasteiger partial charge < -0.3 is 28.4 Å². The summed E-state index contributed by atoms with van der Waals surface area (Å²) < 4.78 is 33.4.